The van der Waals surface area contributed by atoms with Crippen LogP contribution in [0.3, 0.4) is 0 Å². The van der Waals surface area contributed by atoms with E-state index in [4.69, 9.17) is 0 Å². The molecule has 4 rings (SSSR count). The average molecular weight is 370 g/mol. The number of anilines is 1. The number of hydrogen-bond acceptors (Lipinski definition) is 3. The molecule has 0 spiro atoms. The number of carbonyl (C=O) groups is 2. The van der Waals surface area contributed by atoms with Crippen LogP contribution in [0.2, 0.25) is 0 Å². The second kappa shape index (κ2) is 8.42. The van der Waals surface area contributed by atoms with Gasteiger partial charge in [-0.3, -0.25) is 9.59 Å². The van der Waals surface area contributed by atoms with Crippen LogP contribution in [0.25, 0.3) is 0 Å². The van der Waals surface area contributed by atoms with Crippen LogP contribution < -0.4 is 10.6 Å². The van der Waals surface area contributed by atoms with Crippen molar-refractivity contribution in [3.8, 4) is 0 Å². The lowest BCUT2D eigenvalue weighted by molar-refractivity contribution is -0.117. The molecule has 1 aromatic carbocycles. The van der Waals surface area contributed by atoms with E-state index in [1.165, 1.54) is 38.5 Å². The van der Waals surface area contributed by atoms with Gasteiger partial charge in [0.15, 0.2) is 0 Å². The summed E-state index contributed by atoms with van der Waals surface area (Å²) in [5.41, 5.74) is 1.48. The van der Waals surface area contributed by atoms with Gasteiger partial charge in [-0.05, 0) is 62.3 Å². The molecular weight excluding hydrogens is 338 g/mol. The van der Waals surface area contributed by atoms with Gasteiger partial charge < -0.3 is 15.5 Å². The zero-order valence-corrected chi connectivity index (χ0v) is 16.1. The highest BCUT2D eigenvalue weighted by atomic mass is 16.2. The molecule has 2 aliphatic heterocycles. The lowest BCUT2D eigenvalue weighted by Crippen LogP contribution is -2.39. The molecule has 5 heteroatoms. The Morgan fingerprint density at radius 1 is 0.926 bits per heavy atom. The second-order valence-corrected chi connectivity index (χ2v) is 8.38. The Balaban J connectivity index is 1.33. The van der Waals surface area contributed by atoms with Gasteiger partial charge in [-0.1, -0.05) is 25.7 Å². The van der Waals surface area contributed by atoms with Crippen LogP contribution in [0.15, 0.2) is 24.3 Å². The van der Waals surface area contributed by atoms with Crippen molar-refractivity contribution in [3.63, 3.8) is 0 Å². The summed E-state index contributed by atoms with van der Waals surface area (Å²) in [6, 6.07) is 7.81. The van der Waals surface area contributed by atoms with Gasteiger partial charge in [0.1, 0.15) is 0 Å². The minimum Gasteiger partial charge on any atom is -0.339 e. The molecule has 1 aliphatic carbocycles. The van der Waals surface area contributed by atoms with E-state index in [-0.39, 0.29) is 17.9 Å². The maximum Gasteiger partial charge on any atom is 0.253 e. The number of rotatable bonds is 3. The minimum absolute atomic E-state index is 0.0518. The maximum absolute atomic E-state index is 12.7. The molecule has 2 saturated heterocycles. The van der Waals surface area contributed by atoms with E-state index in [0.29, 0.717) is 17.5 Å². The number of nitrogens with one attached hydrogen (secondary N) is 2. The molecule has 3 atom stereocenters. The third-order valence-electron chi connectivity index (χ3n) is 6.47. The molecule has 1 aromatic rings. The first-order chi connectivity index (χ1) is 13.2. The number of likely N-dealkylation sites (tertiary alicyclic amines) is 1. The van der Waals surface area contributed by atoms with Crippen LogP contribution in [0, 0.1) is 5.92 Å². The van der Waals surface area contributed by atoms with Crippen molar-refractivity contribution in [2.45, 2.75) is 69.9 Å². The van der Waals surface area contributed by atoms with Gasteiger partial charge in [0.2, 0.25) is 5.91 Å². The fraction of sp³-hybridized carbons (Fsp3) is 0.636. The lowest BCUT2D eigenvalue weighted by atomic mass is 9.85. The van der Waals surface area contributed by atoms with E-state index in [9.17, 15) is 9.59 Å². The van der Waals surface area contributed by atoms with Crippen LogP contribution in [-0.2, 0) is 4.79 Å². The van der Waals surface area contributed by atoms with Gasteiger partial charge in [-0.15, -0.1) is 0 Å². The molecular formula is C22H31N3O2. The lowest BCUT2D eigenvalue weighted by Gasteiger charge is -2.24. The quantitative estimate of drug-likeness (QED) is 0.856. The number of hydrogen-bond donors (Lipinski definition) is 2. The molecule has 27 heavy (non-hydrogen) atoms. The molecule has 2 heterocycles. The number of nitrogens with zero attached hydrogens (tertiary/aromatic N) is 1. The van der Waals surface area contributed by atoms with E-state index >= 15 is 0 Å². The first kappa shape index (κ1) is 18.5. The number of fused-ring (bicyclic) bond motifs is 1. The summed E-state index contributed by atoms with van der Waals surface area (Å²) >= 11 is 0. The normalized spacial score (nSPS) is 28.3. The molecule has 3 aliphatic rings. The van der Waals surface area contributed by atoms with Gasteiger partial charge in [0.25, 0.3) is 5.91 Å². The van der Waals surface area contributed by atoms with Crippen LogP contribution in [0.4, 0.5) is 5.69 Å². The summed E-state index contributed by atoms with van der Waals surface area (Å²) in [7, 11) is 0. The first-order valence-electron chi connectivity index (χ1n) is 10.7. The molecule has 1 saturated carbocycles. The van der Waals surface area contributed by atoms with E-state index < -0.39 is 0 Å². The third-order valence-corrected chi connectivity index (χ3v) is 6.47. The van der Waals surface area contributed by atoms with Crippen molar-refractivity contribution in [3.05, 3.63) is 29.8 Å². The molecule has 0 bridgehead atoms. The predicted molar refractivity (Wildman–Crippen MR) is 107 cm³/mol. The molecule has 3 unspecified atom stereocenters. The highest BCUT2D eigenvalue weighted by Crippen LogP contribution is 2.33. The standard InChI is InChI=1S/C22H31N3O2/c26-21(20-15-17-7-3-4-8-19(17)24-20)23-18-11-9-16(10-12-18)22(27)25-13-5-1-2-6-14-25/h9-12,17,19-20,24H,1-8,13-15H2,(H,23,26). The van der Waals surface area contributed by atoms with E-state index in [1.807, 2.05) is 29.2 Å². The Bertz CT molecular complexity index is 651. The molecule has 2 amide bonds. The molecule has 2 N–H and O–H groups in total. The SMILES string of the molecule is O=C(Nc1ccc(C(=O)N2CCCCCC2)cc1)C1CC2CCCCC2N1. The van der Waals surface area contributed by atoms with Crippen LogP contribution in [0.5, 0.6) is 0 Å². The van der Waals surface area contributed by atoms with Crippen molar-refractivity contribution >= 4 is 17.5 Å². The van der Waals surface area contributed by atoms with Crippen molar-refractivity contribution in [1.29, 1.82) is 0 Å². The molecule has 5 nitrogen and oxygen atoms in total. The Hall–Kier alpha value is -1.88. The topological polar surface area (TPSA) is 61.4 Å². The van der Waals surface area contributed by atoms with Crippen molar-refractivity contribution in [2.24, 2.45) is 5.92 Å². The highest BCUT2D eigenvalue weighted by molar-refractivity contribution is 5.97. The van der Waals surface area contributed by atoms with Gasteiger partial charge in [0, 0.05) is 30.4 Å². The van der Waals surface area contributed by atoms with E-state index in [0.717, 1.165) is 38.0 Å². The number of amides is 2. The smallest absolute Gasteiger partial charge is 0.253 e. The largest absolute Gasteiger partial charge is 0.339 e. The molecule has 0 radical (unpaired) electrons. The summed E-state index contributed by atoms with van der Waals surface area (Å²) < 4.78 is 0. The Kier molecular flexibility index (Phi) is 5.77. The van der Waals surface area contributed by atoms with Gasteiger partial charge in [-0.25, -0.2) is 0 Å². The van der Waals surface area contributed by atoms with Gasteiger partial charge in [-0.2, -0.15) is 0 Å². The fourth-order valence-electron chi connectivity index (χ4n) is 4.90. The van der Waals surface area contributed by atoms with Gasteiger partial charge in [0.05, 0.1) is 6.04 Å². The van der Waals surface area contributed by atoms with E-state index in [2.05, 4.69) is 10.6 Å². The van der Waals surface area contributed by atoms with Crippen LogP contribution >= 0.6 is 0 Å². The zero-order chi connectivity index (χ0) is 18.6. The summed E-state index contributed by atoms with van der Waals surface area (Å²) in [6.07, 6.45) is 10.6. The summed E-state index contributed by atoms with van der Waals surface area (Å²) in [6.45, 7) is 1.71. The molecule has 146 valence electrons. The van der Waals surface area contributed by atoms with Crippen LogP contribution in [-0.4, -0.2) is 41.9 Å². The van der Waals surface area contributed by atoms with Crippen LogP contribution in [0.1, 0.15) is 68.1 Å². The monoisotopic (exact) mass is 369 g/mol. The molecule has 0 aromatic heterocycles. The third kappa shape index (κ3) is 4.34. The summed E-state index contributed by atoms with van der Waals surface area (Å²) in [5.74, 6) is 0.815. The first-order valence-corrected chi connectivity index (χ1v) is 10.7. The van der Waals surface area contributed by atoms with Gasteiger partial charge >= 0.3 is 0 Å². The predicted octanol–water partition coefficient (Wildman–Crippen LogP) is 3.56. The summed E-state index contributed by atoms with van der Waals surface area (Å²) in [4.78, 5) is 27.2. The van der Waals surface area contributed by atoms with E-state index in [1.54, 1.807) is 0 Å². The maximum atomic E-state index is 12.7. The van der Waals surface area contributed by atoms with Crippen molar-refractivity contribution < 1.29 is 9.59 Å². The Morgan fingerprint density at radius 2 is 1.63 bits per heavy atom. The van der Waals surface area contributed by atoms with Crippen molar-refractivity contribution in [2.75, 3.05) is 18.4 Å². The highest BCUT2D eigenvalue weighted by Gasteiger charge is 2.38. The minimum atomic E-state index is -0.0866. The number of benzene rings is 1. The Morgan fingerprint density at radius 3 is 2.33 bits per heavy atom. The zero-order valence-electron chi connectivity index (χ0n) is 16.1. The Labute approximate surface area is 161 Å². The average Bonchev–Trinajstić information content (AvgIpc) is 2.95. The number of carbonyl (C=O) groups excluding carboxylic acids is 2. The summed E-state index contributed by atoms with van der Waals surface area (Å²) in [5, 5.41) is 6.54. The molecule has 3 fully saturated rings. The second-order valence-electron chi connectivity index (χ2n) is 8.38. The fourth-order valence-corrected chi connectivity index (χ4v) is 4.90. The van der Waals surface area contributed by atoms with Crippen molar-refractivity contribution in [1.82, 2.24) is 10.2 Å².